The summed E-state index contributed by atoms with van der Waals surface area (Å²) in [5.41, 5.74) is 0. The third-order valence-electron chi connectivity index (χ3n) is 6.50. The van der Waals surface area contributed by atoms with Gasteiger partial charge in [0.2, 0.25) is 0 Å². The van der Waals surface area contributed by atoms with Gasteiger partial charge in [-0.3, -0.25) is 0 Å². The van der Waals surface area contributed by atoms with Crippen molar-refractivity contribution in [2.24, 2.45) is 0 Å². The van der Waals surface area contributed by atoms with E-state index in [4.69, 9.17) is 0 Å². The molecule has 0 nitrogen and oxygen atoms in total. The summed E-state index contributed by atoms with van der Waals surface area (Å²) >= 11 is 0. The molecule has 3 heteroatoms. The average molecular weight is 607 g/mol. The van der Waals surface area contributed by atoms with Gasteiger partial charge in [-0.1, -0.05) is 86.1 Å². The van der Waals surface area contributed by atoms with Gasteiger partial charge in [0.05, 0.1) is 49.4 Å². The van der Waals surface area contributed by atoms with Crippen molar-refractivity contribution in [1.82, 2.24) is 0 Å². The van der Waals surface area contributed by atoms with Gasteiger partial charge < -0.3 is 6.92 Å². The quantitative estimate of drug-likeness (QED) is 0.0647. The molecule has 0 heterocycles. The Morgan fingerprint density at radius 1 is 0.500 bits per heavy atom. The van der Waals surface area contributed by atoms with Crippen LogP contribution in [0.2, 0.25) is 0 Å². The summed E-state index contributed by atoms with van der Waals surface area (Å²) in [6.45, 7) is 5.72. The molecule has 0 spiro atoms. The van der Waals surface area contributed by atoms with Crippen molar-refractivity contribution < 1.29 is 17.1 Å². The zero-order valence-electron chi connectivity index (χ0n) is 23.7. The second kappa shape index (κ2) is 21.4. The van der Waals surface area contributed by atoms with Crippen molar-refractivity contribution in [3.8, 4) is 0 Å². The molecule has 40 heavy (non-hydrogen) atoms. The minimum absolute atomic E-state index is 0. The molecule has 0 N–H and O–H groups in total. The Bertz CT molecular complexity index is 1030. The summed E-state index contributed by atoms with van der Waals surface area (Å²) < 4.78 is 0. The van der Waals surface area contributed by atoms with Crippen LogP contribution in [-0.4, -0.2) is 12.3 Å². The second-order valence-corrected chi connectivity index (χ2v) is 14.7. The van der Waals surface area contributed by atoms with E-state index in [2.05, 4.69) is 135 Å². The summed E-state index contributed by atoms with van der Waals surface area (Å²) in [4.78, 5) is 0. The van der Waals surface area contributed by atoms with Gasteiger partial charge in [0, 0.05) is 0 Å². The van der Waals surface area contributed by atoms with Gasteiger partial charge in [-0.15, -0.1) is 0 Å². The molecule has 0 aromatic heterocycles. The van der Waals surface area contributed by atoms with E-state index in [1.807, 2.05) is 30.3 Å². The van der Waals surface area contributed by atoms with Crippen LogP contribution in [0.1, 0.15) is 32.6 Å². The molecule has 0 bridgehead atoms. The van der Waals surface area contributed by atoms with Crippen LogP contribution in [0.4, 0.5) is 0 Å². The van der Waals surface area contributed by atoms with E-state index in [9.17, 15) is 0 Å². The average Bonchev–Trinajstić information content (AvgIpc) is 3.62. The van der Waals surface area contributed by atoms with Crippen molar-refractivity contribution in [2.45, 2.75) is 32.6 Å². The van der Waals surface area contributed by atoms with E-state index < -0.39 is 15.8 Å². The summed E-state index contributed by atoms with van der Waals surface area (Å²) in [5, 5.41) is 6.13. The Hall–Kier alpha value is -2.39. The fourth-order valence-electron chi connectivity index (χ4n) is 4.39. The zero-order valence-corrected chi connectivity index (χ0v) is 26.8. The molecular weight excluding hydrogens is 562 g/mol. The van der Waals surface area contributed by atoms with Crippen molar-refractivity contribution in [3.63, 3.8) is 0 Å². The molecule has 0 atom stereocenters. The van der Waals surface area contributed by atoms with Gasteiger partial charge in [-0.25, -0.2) is 12.1 Å². The number of unbranched alkanes of at least 4 members (excludes halogenated alkanes) is 2. The fourth-order valence-corrected chi connectivity index (χ4v) is 9.80. The molecule has 0 aliphatic rings. The van der Waals surface area contributed by atoms with Gasteiger partial charge >= 0.3 is 17.1 Å². The Labute approximate surface area is 256 Å². The third kappa shape index (κ3) is 12.4. The zero-order chi connectivity index (χ0) is 27.4. The number of benzene rings is 4. The first kappa shape index (κ1) is 33.8. The molecule has 0 saturated carbocycles. The van der Waals surface area contributed by atoms with E-state index in [1.165, 1.54) is 52.8 Å². The first-order valence-electron chi connectivity index (χ1n) is 14.2. The van der Waals surface area contributed by atoms with Crippen molar-refractivity contribution in [3.05, 3.63) is 159 Å². The molecule has 0 saturated heterocycles. The fraction of sp³-hybridized carbons (Fsp3) is 0.189. The summed E-state index contributed by atoms with van der Waals surface area (Å²) in [6.07, 6.45) is 7.48. The smallest absolute Gasteiger partial charge is 0.343 e. The minimum Gasteiger partial charge on any atom is -0.343 e. The Morgan fingerprint density at radius 2 is 0.775 bits per heavy atom. The first-order valence-corrected chi connectivity index (χ1v) is 17.6. The van der Waals surface area contributed by atoms with E-state index in [0.29, 0.717) is 0 Å². The van der Waals surface area contributed by atoms with Gasteiger partial charge in [-0.2, -0.15) is 24.6 Å². The van der Waals surface area contributed by atoms with Crippen LogP contribution in [0.15, 0.2) is 152 Å². The maximum Gasteiger partial charge on any atom is 6.00 e. The topological polar surface area (TPSA) is 0 Å². The maximum absolute atomic E-state index is 3.60. The molecule has 0 fully saturated rings. The maximum atomic E-state index is 3.60. The Kier molecular flexibility index (Phi) is 18.1. The molecule has 5 aromatic carbocycles. The van der Waals surface area contributed by atoms with E-state index in [-0.39, 0.29) is 17.1 Å². The van der Waals surface area contributed by atoms with E-state index in [1.54, 1.807) is 0 Å². The van der Waals surface area contributed by atoms with Crippen LogP contribution in [0.5, 0.6) is 0 Å². The minimum atomic E-state index is -0.714. The van der Waals surface area contributed by atoms with Crippen molar-refractivity contribution in [2.75, 3.05) is 12.3 Å². The van der Waals surface area contributed by atoms with E-state index in [0.717, 1.165) is 6.42 Å². The molecule has 204 valence electrons. The van der Waals surface area contributed by atoms with Crippen LogP contribution < -0.4 is 21.2 Å². The molecule has 5 rings (SSSR count). The normalized spacial score (nSPS) is 10.1. The Balaban J connectivity index is 0.000000482. The van der Waals surface area contributed by atoms with Gasteiger partial charge in [0.1, 0.15) is 0 Å². The summed E-state index contributed by atoms with van der Waals surface area (Å²) in [5.74, 6) is 0. The molecule has 0 aliphatic heterocycles. The molecule has 5 aromatic rings. The monoisotopic (exact) mass is 606 g/mol. The third-order valence-corrected chi connectivity index (χ3v) is 12.3. The van der Waals surface area contributed by atoms with Crippen LogP contribution in [0.3, 0.4) is 0 Å². The van der Waals surface area contributed by atoms with E-state index >= 15 is 0 Å². The van der Waals surface area contributed by atoms with Crippen molar-refractivity contribution in [1.29, 1.82) is 0 Å². The van der Waals surface area contributed by atoms with Crippen LogP contribution in [-0.2, 0) is 17.1 Å². The summed E-state index contributed by atoms with van der Waals surface area (Å²) in [6, 6.07) is 54.6. The Morgan fingerprint density at radius 3 is 0.975 bits per heavy atom. The molecule has 0 amide bonds. The van der Waals surface area contributed by atoms with Crippen LogP contribution in [0.25, 0.3) is 0 Å². The largest absolute Gasteiger partial charge is 6.00 e. The van der Waals surface area contributed by atoms with Crippen molar-refractivity contribution >= 4 is 37.1 Å². The molecule has 0 radical (unpaired) electrons. The summed E-state index contributed by atoms with van der Waals surface area (Å²) in [7, 11) is -1.43. The standard InChI is InChI=1S/C28H28P2.C5H5.C4H9.Fe/c1-5-15-25(16-6-1)29(26-17-7-2-8-18-26)23-13-14-24-30(27-19-9-3-10-20-27)28-21-11-4-12-22-28;1-2-4-5-3-1;1-3-4-2;/h1-12,15-22H,13-14,23-24H2;1-5H;1,3-4H2,2H3;/q;2*-1;+6/p+2. The molecular formula is C37H44FeP2+6. The van der Waals surface area contributed by atoms with Gasteiger partial charge in [0.25, 0.3) is 0 Å². The van der Waals surface area contributed by atoms with Gasteiger partial charge in [0.15, 0.2) is 0 Å². The van der Waals surface area contributed by atoms with Crippen LogP contribution in [0, 0.1) is 6.92 Å². The van der Waals surface area contributed by atoms with Gasteiger partial charge in [-0.05, 0) is 61.4 Å². The predicted molar refractivity (Wildman–Crippen MR) is 182 cm³/mol. The SMILES string of the molecule is [CH2-]CCC.[Fe+6].c1cc[cH-]c1.c1ccc([PH+](CCCC[PH+](c2ccccc2)c2ccccc2)c2ccccc2)cc1. The number of hydrogen-bond donors (Lipinski definition) is 0. The second-order valence-electron chi connectivity index (χ2n) is 9.44. The first-order chi connectivity index (χ1) is 19.3. The van der Waals surface area contributed by atoms with Crippen LogP contribution >= 0.6 is 15.8 Å². The number of rotatable bonds is 10. The number of hydrogen-bond acceptors (Lipinski definition) is 0. The molecule has 0 aliphatic carbocycles. The molecule has 0 unspecified atom stereocenters. The predicted octanol–water partition coefficient (Wildman–Crippen LogP) is 8.52.